The van der Waals surface area contributed by atoms with Gasteiger partial charge in [0.15, 0.2) is 0 Å². The summed E-state index contributed by atoms with van der Waals surface area (Å²) >= 11 is 3.40. The Balaban J connectivity index is 0.00000288. The topological polar surface area (TPSA) is 64.3 Å². The van der Waals surface area contributed by atoms with Gasteiger partial charge in [-0.05, 0) is 43.7 Å². The van der Waals surface area contributed by atoms with Gasteiger partial charge in [0.2, 0.25) is 0 Å². The fourth-order valence-corrected chi connectivity index (χ4v) is 2.19. The van der Waals surface area contributed by atoms with Crippen LogP contribution >= 0.6 is 28.3 Å². The van der Waals surface area contributed by atoms with Gasteiger partial charge in [-0.15, -0.1) is 12.4 Å². The molecule has 4 nitrogen and oxygen atoms in total. The van der Waals surface area contributed by atoms with Crippen molar-refractivity contribution in [2.24, 2.45) is 5.73 Å². The first kappa shape index (κ1) is 20.5. The molecule has 0 saturated heterocycles. The summed E-state index contributed by atoms with van der Waals surface area (Å²) in [6.45, 7) is 4.53. The average molecular weight is 414 g/mol. The molecule has 0 radical (unpaired) electrons. The maximum absolute atomic E-state index is 12.3. The van der Waals surface area contributed by atoms with Crippen molar-refractivity contribution in [2.45, 2.75) is 26.0 Å². The van der Waals surface area contributed by atoms with Crippen molar-refractivity contribution in [3.63, 3.8) is 0 Å². The fraction of sp³-hybridized carbons (Fsp3) is 0.278. The molecular formula is C18H22BrClN2O2. The Hall–Kier alpha value is -1.56. The highest BCUT2D eigenvalue weighted by molar-refractivity contribution is 9.10. The van der Waals surface area contributed by atoms with Crippen LogP contribution in [0.3, 0.4) is 0 Å². The van der Waals surface area contributed by atoms with Gasteiger partial charge < -0.3 is 15.8 Å². The smallest absolute Gasteiger partial charge is 0.255 e. The molecule has 130 valence electrons. The molecule has 1 amide bonds. The monoisotopic (exact) mass is 412 g/mol. The maximum Gasteiger partial charge on any atom is 0.255 e. The molecule has 0 spiro atoms. The van der Waals surface area contributed by atoms with Crippen molar-refractivity contribution in [3.8, 4) is 5.75 Å². The fourth-order valence-electron chi connectivity index (χ4n) is 1.93. The van der Waals surface area contributed by atoms with Crippen LogP contribution in [0.25, 0.3) is 0 Å². The first-order chi connectivity index (χ1) is 10.8. The molecule has 2 rings (SSSR count). The number of amides is 1. The molecule has 3 N–H and O–H groups in total. The lowest BCUT2D eigenvalue weighted by molar-refractivity contribution is 0.0941. The Kier molecular flexibility index (Phi) is 7.73. The lowest BCUT2D eigenvalue weighted by Gasteiger charge is -2.19. The van der Waals surface area contributed by atoms with Crippen molar-refractivity contribution in [1.29, 1.82) is 0 Å². The third-order valence-electron chi connectivity index (χ3n) is 3.14. The van der Waals surface area contributed by atoms with E-state index in [1.807, 2.05) is 50.2 Å². The molecule has 0 heterocycles. The summed E-state index contributed by atoms with van der Waals surface area (Å²) < 4.78 is 6.83. The number of carbonyl (C=O) groups is 1. The number of hydrogen-bond acceptors (Lipinski definition) is 3. The zero-order valence-corrected chi connectivity index (χ0v) is 16.1. The van der Waals surface area contributed by atoms with Crippen LogP contribution < -0.4 is 15.8 Å². The molecule has 2 aromatic rings. The van der Waals surface area contributed by atoms with Crippen molar-refractivity contribution in [1.82, 2.24) is 5.32 Å². The molecule has 0 aliphatic rings. The van der Waals surface area contributed by atoms with Crippen molar-refractivity contribution < 1.29 is 9.53 Å². The summed E-state index contributed by atoms with van der Waals surface area (Å²) in [6.07, 6.45) is 0. The summed E-state index contributed by atoms with van der Waals surface area (Å²) in [5.41, 5.74) is 6.98. The van der Waals surface area contributed by atoms with E-state index < -0.39 is 5.54 Å². The third kappa shape index (κ3) is 6.51. The van der Waals surface area contributed by atoms with E-state index >= 15 is 0 Å². The van der Waals surface area contributed by atoms with Gasteiger partial charge in [0, 0.05) is 16.6 Å². The predicted molar refractivity (Wildman–Crippen MR) is 103 cm³/mol. The van der Waals surface area contributed by atoms with E-state index in [0.717, 1.165) is 10.0 Å². The van der Waals surface area contributed by atoms with Crippen molar-refractivity contribution in [3.05, 3.63) is 64.1 Å². The standard InChI is InChI=1S/C18H21BrN2O2.ClH/c1-18(2,20)12-21-17(22)15-5-3-4-6-16(15)23-11-13-7-9-14(19)10-8-13;/h3-10H,11-12,20H2,1-2H3,(H,21,22);1H. The van der Waals surface area contributed by atoms with Gasteiger partial charge in [-0.1, -0.05) is 40.2 Å². The van der Waals surface area contributed by atoms with Crippen LogP contribution in [-0.4, -0.2) is 18.0 Å². The second kappa shape index (κ2) is 9.06. The van der Waals surface area contributed by atoms with Crippen LogP contribution in [0.1, 0.15) is 29.8 Å². The Bertz CT molecular complexity index is 669. The molecule has 0 aliphatic heterocycles. The molecule has 0 unspecified atom stereocenters. The van der Waals surface area contributed by atoms with E-state index in [1.54, 1.807) is 12.1 Å². The van der Waals surface area contributed by atoms with Crippen LogP contribution in [0.15, 0.2) is 53.0 Å². The number of rotatable bonds is 6. The number of carbonyl (C=O) groups excluding carboxylic acids is 1. The first-order valence-electron chi connectivity index (χ1n) is 7.38. The molecular weight excluding hydrogens is 392 g/mol. The Morgan fingerprint density at radius 2 is 1.79 bits per heavy atom. The highest BCUT2D eigenvalue weighted by Crippen LogP contribution is 2.20. The molecule has 0 aliphatic carbocycles. The average Bonchev–Trinajstić information content (AvgIpc) is 2.52. The second-order valence-electron chi connectivity index (χ2n) is 6.08. The Morgan fingerprint density at radius 1 is 1.17 bits per heavy atom. The number of para-hydroxylation sites is 1. The Morgan fingerprint density at radius 3 is 2.42 bits per heavy atom. The summed E-state index contributed by atoms with van der Waals surface area (Å²) in [7, 11) is 0. The molecule has 0 bridgehead atoms. The van der Waals surface area contributed by atoms with E-state index in [4.69, 9.17) is 10.5 Å². The Labute approximate surface area is 157 Å². The summed E-state index contributed by atoms with van der Waals surface area (Å²) in [6, 6.07) is 15.1. The maximum atomic E-state index is 12.3. The lowest BCUT2D eigenvalue weighted by atomic mass is 10.1. The van der Waals surface area contributed by atoms with E-state index in [9.17, 15) is 4.79 Å². The molecule has 6 heteroatoms. The molecule has 24 heavy (non-hydrogen) atoms. The van der Waals surface area contributed by atoms with E-state index in [-0.39, 0.29) is 18.3 Å². The molecule has 0 aromatic heterocycles. The first-order valence-corrected chi connectivity index (χ1v) is 8.18. The van der Waals surface area contributed by atoms with E-state index in [2.05, 4.69) is 21.2 Å². The zero-order valence-electron chi connectivity index (χ0n) is 13.7. The van der Waals surface area contributed by atoms with Crippen LogP contribution in [0, 0.1) is 0 Å². The van der Waals surface area contributed by atoms with Crippen LogP contribution in [0.2, 0.25) is 0 Å². The van der Waals surface area contributed by atoms with E-state index in [1.165, 1.54) is 0 Å². The van der Waals surface area contributed by atoms with Gasteiger partial charge >= 0.3 is 0 Å². The summed E-state index contributed by atoms with van der Waals surface area (Å²) in [5, 5.41) is 2.83. The van der Waals surface area contributed by atoms with Gasteiger partial charge in [-0.2, -0.15) is 0 Å². The quantitative estimate of drug-likeness (QED) is 0.754. The SMILES string of the molecule is CC(C)(N)CNC(=O)c1ccccc1OCc1ccc(Br)cc1.Cl. The highest BCUT2D eigenvalue weighted by atomic mass is 79.9. The minimum atomic E-state index is -0.455. The molecule has 0 atom stereocenters. The van der Waals surface area contributed by atoms with Gasteiger partial charge in [0.05, 0.1) is 5.56 Å². The number of benzene rings is 2. The zero-order chi connectivity index (χ0) is 16.9. The lowest BCUT2D eigenvalue weighted by Crippen LogP contribution is -2.45. The number of halogens is 2. The number of nitrogens with one attached hydrogen (secondary N) is 1. The van der Waals surface area contributed by atoms with Crippen LogP contribution in [0.4, 0.5) is 0 Å². The highest BCUT2D eigenvalue weighted by Gasteiger charge is 2.16. The minimum absolute atomic E-state index is 0. The van der Waals surface area contributed by atoms with Crippen LogP contribution in [-0.2, 0) is 6.61 Å². The number of nitrogens with two attached hydrogens (primary N) is 1. The molecule has 0 saturated carbocycles. The summed E-state index contributed by atoms with van der Waals surface area (Å²) in [4.78, 5) is 12.3. The van der Waals surface area contributed by atoms with Crippen molar-refractivity contribution in [2.75, 3.05) is 6.54 Å². The van der Waals surface area contributed by atoms with Crippen LogP contribution in [0.5, 0.6) is 5.75 Å². The van der Waals surface area contributed by atoms with Gasteiger partial charge in [-0.3, -0.25) is 4.79 Å². The largest absolute Gasteiger partial charge is 0.488 e. The van der Waals surface area contributed by atoms with Gasteiger partial charge in [-0.25, -0.2) is 0 Å². The van der Waals surface area contributed by atoms with Gasteiger partial charge in [0.25, 0.3) is 5.91 Å². The predicted octanol–water partition coefficient (Wildman–Crippen LogP) is 3.92. The van der Waals surface area contributed by atoms with Gasteiger partial charge in [0.1, 0.15) is 12.4 Å². The number of ether oxygens (including phenoxy) is 1. The minimum Gasteiger partial charge on any atom is -0.488 e. The second-order valence-corrected chi connectivity index (χ2v) is 7.00. The molecule has 2 aromatic carbocycles. The number of hydrogen-bond donors (Lipinski definition) is 2. The normalized spacial score (nSPS) is 10.7. The third-order valence-corrected chi connectivity index (χ3v) is 3.67. The summed E-state index contributed by atoms with van der Waals surface area (Å²) in [5.74, 6) is 0.373. The molecule has 0 fully saturated rings. The van der Waals surface area contributed by atoms with E-state index in [0.29, 0.717) is 24.5 Å². The van der Waals surface area contributed by atoms with Crippen molar-refractivity contribution >= 4 is 34.2 Å².